The maximum absolute atomic E-state index is 11.9. The summed E-state index contributed by atoms with van der Waals surface area (Å²) in [5.41, 5.74) is 6.59. The predicted octanol–water partition coefficient (Wildman–Crippen LogP) is 0.158. The van der Waals surface area contributed by atoms with Crippen molar-refractivity contribution in [2.75, 3.05) is 31.2 Å². The highest BCUT2D eigenvalue weighted by Gasteiger charge is 2.28. The van der Waals surface area contributed by atoms with Gasteiger partial charge in [-0.3, -0.25) is 14.5 Å². The van der Waals surface area contributed by atoms with E-state index >= 15 is 0 Å². The van der Waals surface area contributed by atoms with E-state index in [0.29, 0.717) is 17.1 Å². The number of nitrogens with zero attached hydrogens (tertiary/aromatic N) is 1. The first-order valence-electron chi connectivity index (χ1n) is 6.33. The van der Waals surface area contributed by atoms with Crippen molar-refractivity contribution < 1.29 is 19.1 Å². The molecule has 8 heteroatoms. The number of hydrogen-bond donors (Lipinski definition) is 3. The summed E-state index contributed by atoms with van der Waals surface area (Å²) in [5, 5.41) is 5.03. The van der Waals surface area contributed by atoms with Gasteiger partial charge < -0.3 is 21.1 Å². The summed E-state index contributed by atoms with van der Waals surface area (Å²) in [7, 11) is 1.48. The molecule has 1 aromatic rings. The van der Waals surface area contributed by atoms with Gasteiger partial charge in [-0.25, -0.2) is 4.79 Å². The van der Waals surface area contributed by atoms with E-state index in [9.17, 15) is 14.4 Å². The Morgan fingerprint density at radius 2 is 2.24 bits per heavy atom. The minimum Gasteiger partial charge on any atom is -0.495 e. The summed E-state index contributed by atoms with van der Waals surface area (Å²) in [6.07, 6.45) is -0.00286. The number of rotatable bonds is 5. The molecule has 0 atom stereocenters. The van der Waals surface area contributed by atoms with E-state index in [2.05, 4.69) is 10.6 Å². The molecule has 4 amide bonds. The molecule has 0 aliphatic carbocycles. The molecule has 0 saturated carbocycles. The minimum absolute atomic E-state index is 0.00286. The van der Waals surface area contributed by atoms with Crippen molar-refractivity contribution in [1.82, 2.24) is 10.2 Å². The molecule has 1 heterocycles. The molecule has 1 saturated heterocycles. The lowest BCUT2D eigenvalue weighted by molar-refractivity contribution is -0.125. The van der Waals surface area contributed by atoms with Gasteiger partial charge in [0.25, 0.3) is 0 Å². The van der Waals surface area contributed by atoms with Crippen LogP contribution in [0.3, 0.4) is 0 Å². The van der Waals surface area contributed by atoms with E-state index in [1.807, 2.05) is 0 Å². The number of methoxy groups -OCH3 is 1. The fraction of sp³-hybridized carbons (Fsp3) is 0.308. The topological polar surface area (TPSA) is 114 Å². The number of amides is 4. The first-order chi connectivity index (χ1) is 10.0. The molecular weight excluding hydrogens is 276 g/mol. The highest BCUT2D eigenvalue weighted by atomic mass is 16.5. The van der Waals surface area contributed by atoms with Crippen molar-refractivity contribution in [2.45, 2.75) is 6.42 Å². The van der Waals surface area contributed by atoms with Crippen LogP contribution in [0.4, 0.5) is 16.2 Å². The Bertz CT molecular complexity index is 572. The van der Waals surface area contributed by atoms with Gasteiger partial charge in [-0.15, -0.1) is 0 Å². The van der Waals surface area contributed by atoms with Crippen molar-refractivity contribution in [3.8, 4) is 5.75 Å². The van der Waals surface area contributed by atoms with Crippen molar-refractivity contribution in [1.29, 1.82) is 0 Å². The molecule has 1 aromatic carbocycles. The monoisotopic (exact) mass is 292 g/mol. The maximum atomic E-state index is 11.9. The third-order valence-corrected chi connectivity index (χ3v) is 3.00. The lowest BCUT2D eigenvalue weighted by Gasteiger charge is -2.13. The number of nitrogen functional groups attached to an aromatic ring is 1. The van der Waals surface area contributed by atoms with Gasteiger partial charge >= 0.3 is 6.03 Å². The van der Waals surface area contributed by atoms with E-state index in [0.717, 1.165) is 4.90 Å². The van der Waals surface area contributed by atoms with Crippen LogP contribution in [-0.4, -0.2) is 42.9 Å². The molecule has 21 heavy (non-hydrogen) atoms. The molecule has 1 aliphatic heterocycles. The van der Waals surface area contributed by atoms with Crippen LogP contribution in [0.15, 0.2) is 18.2 Å². The SMILES string of the molecule is COc1ccc(N)cc1NC(=O)CCN1C(=O)CNC1=O. The molecule has 112 valence electrons. The number of nitrogens with one attached hydrogen (secondary N) is 2. The summed E-state index contributed by atoms with van der Waals surface area (Å²) in [4.78, 5) is 35.6. The number of anilines is 2. The third-order valence-electron chi connectivity index (χ3n) is 3.00. The quantitative estimate of drug-likeness (QED) is 0.528. The standard InChI is InChI=1S/C13H16N4O4/c1-21-10-3-2-8(14)6-9(10)16-11(18)4-5-17-12(19)7-15-13(17)20/h2-3,6H,4-5,7,14H2,1H3,(H,15,20)(H,16,18). The number of benzene rings is 1. The van der Waals surface area contributed by atoms with Crippen LogP contribution < -0.4 is 21.1 Å². The van der Waals surface area contributed by atoms with Crippen LogP contribution in [0.5, 0.6) is 5.75 Å². The smallest absolute Gasteiger partial charge is 0.324 e. The summed E-state index contributed by atoms with van der Waals surface area (Å²) in [6, 6.07) is 4.39. The lowest BCUT2D eigenvalue weighted by atomic mass is 10.2. The first kappa shape index (κ1) is 14.6. The fourth-order valence-electron chi connectivity index (χ4n) is 1.93. The minimum atomic E-state index is -0.477. The Morgan fingerprint density at radius 3 is 2.86 bits per heavy atom. The average Bonchev–Trinajstić information content (AvgIpc) is 2.76. The molecule has 1 aliphatic rings. The molecule has 0 radical (unpaired) electrons. The second-order valence-corrected chi connectivity index (χ2v) is 4.46. The van der Waals surface area contributed by atoms with Gasteiger partial charge in [0.05, 0.1) is 19.3 Å². The molecule has 0 aromatic heterocycles. The van der Waals surface area contributed by atoms with Gasteiger partial charge in [-0.05, 0) is 18.2 Å². The molecule has 0 spiro atoms. The van der Waals surface area contributed by atoms with Gasteiger partial charge in [0.15, 0.2) is 0 Å². The van der Waals surface area contributed by atoms with Crippen molar-refractivity contribution in [2.24, 2.45) is 0 Å². The Hall–Kier alpha value is -2.77. The number of nitrogens with two attached hydrogens (primary N) is 1. The highest BCUT2D eigenvalue weighted by Crippen LogP contribution is 2.26. The van der Waals surface area contributed by atoms with Crippen molar-refractivity contribution in [3.05, 3.63) is 18.2 Å². The molecule has 0 bridgehead atoms. The van der Waals surface area contributed by atoms with E-state index < -0.39 is 6.03 Å². The van der Waals surface area contributed by atoms with E-state index in [1.54, 1.807) is 18.2 Å². The molecular formula is C13H16N4O4. The summed E-state index contributed by atoms with van der Waals surface area (Å²) >= 11 is 0. The van der Waals surface area contributed by atoms with Crippen LogP contribution in [-0.2, 0) is 9.59 Å². The van der Waals surface area contributed by atoms with Crippen LogP contribution >= 0.6 is 0 Å². The molecule has 2 rings (SSSR count). The Kier molecular flexibility index (Phi) is 4.27. The number of imide groups is 1. The van der Waals surface area contributed by atoms with Crippen LogP contribution in [0.25, 0.3) is 0 Å². The van der Waals surface area contributed by atoms with E-state index in [-0.39, 0.29) is 31.3 Å². The second-order valence-electron chi connectivity index (χ2n) is 4.46. The third kappa shape index (κ3) is 3.41. The van der Waals surface area contributed by atoms with Crippen LogP contribution in [0.2, 0.25) is 0 Å². The van der Waals surface area contributed by atoms with Crippen LogP contribution in [0.1, 0.15) is 6.42 Å². The first-order valence-corrected chi connectivity index (χ1v) is 6.33. The number of urea groups is 1. The maximum Gasteiger partial charge on any atom is 0.324 e. The van der Waals surface area contributed by atoms with Crippen molar-refractivity contribution >= 4 is 29.2 Å². The second kappa shape index (κ2) is 6.12. The number of ether oxygens (including phenoxy) is 1. The fourth-order valence-corrected chi connectivity index (χ4v) is 1.93. The summed E-state index contributed by atoms with van der Waals surface area (Å²) in [6.45, 7) is 0.00459. The molecule has 8 nitrogen and oxygen atoms in total. The summed E-state index contributed by atoms with van der Waals surface area (Å²) in [5.74, 6) is -0.201. The molecule has 0 unspecified atom stereocenters. The zero-order valence-electron chi connectivity index (χ0n) is 11.5. The van der Waals surface area contributed by atoms with Gasteiger partial charge in [0, 0.05) is 18.7 Å². The van der Waals surface area contributed by atoms with Gasteiger partial charge in [-0.1, -0.05) is 0 Å². The van der Waals surface area contributed by atoms with E-state index in [1.165, 1.54) is 7.11 Å². The number of carbonyl (C=O) groups is 3. The lowest BCUT2D eigenvalue weighted by Crippen LogP contribution is -2.33. The largest absolute Gasteiger partial charge is 0.495 e. The van der Waals surface area contributed by atoms with E-state index in [4.69, 9.17) is 10.5 Å². The van der Waals surface area contributed by atoms with Crippen molar-refractivity contribution in [3.63, 3.8) is 0 Å². The Balaban J connectivity index is 1.94. The normalized spacial score (nSPS) is 14.0. The van der Waals surface area contributed by atoms with Gasteiger partial charge in [0.1, 0.15) is 5.75 Å². The molecule has 1 fully saturated rings. The zero-order valence-corrected chi connectivity index (χ0v) is 11.5. The Morgan fingerprint density at radius 1 is 1.48 bits per heavy atom. The highest BCUT2D eigenvalue weighted by molar-refractivity contribution is 6.02. The average molecular weight is 292 g/mol. The van der Waals surface area contributed by atoms with Crippen LogP contribution in [0, 0.1) is 0 Å². The predicted molar refractivity (Wildman–Crippen MR) is 75.8 cm³/mol. The zero-order chi connectivity index (χ0) is 15.4. The summed E-state index contributed by atoms with van der Waals surface area (Å²) < 4.78 is 5.11. The molecule has 4 N–H and O–H groups in total. The Labute approximate surface area is 121 Å². The van der Waals surface area contributed by atoms with Gasteiger partial charge in [0.2, 0.25) is 11.8 Å². The van der Waals surface area contributed by atoms with Gasteiger partial charge in [-0.2, -0.15) is 0 Å². The number of hydrogen-bond acceptors (Lipinski definition) is 5. The number of carbonyl (C=O) groups excluding carboxylic acids is 3.